The van der Waals surface area contributed by atoms with E-state index in [9.17, 15) is 4.79 Å². The Bertz CT molecular complexity index is 892. The number of rotatable bonds is 8. The van der Waals surface area contributed by atoms with Gasteiger partial charge < -0.3 is 14.5 Å². The van der Waals surface area contributed by atoms with Crippen molar-refractivity contribution < 1.29 is 13.9 Å². The number of aryl methyl sites for hydroxylation is 1. The predicted molar refractivity (Wildman–Crippen MR) is 111 cm³/mol. The third-order valence-electron chi connectivity index (χ3n) is 4.88. The Morgan fingerprint density at radius 1 is 1.17 bits per heavy atom. The minimum Gasteiger partial charge on any atom is -0.421 e. The molecule has 3 aromatic rings. The van der Waals surface area contributed by atoms with Crippen LogP contribution in [0.2, 0.25) is 0 Å². The van der Waals surface area contributed by atoms with Crippen molar-refractivity contribution in [2.45, 2.75) is 18.9 Å². The molecule has 0 bridgehead atoms. The number of benzene rings is 1. The van der Waals surface area contributed by atoms with Crippen LogP contribution in [-0.2, 0) is 16.0 Å². The van der Waals surface area contributed by atoms with E-state index in [4.69, 9.17) is 9.15 Å². The molecule has 4 rings (SSSR count). The zero-order valence-corrected chi connectivity index (χ0v) is 16.9. The highest BCUT2D eigenvalue weighted by Gasteiger charge is 2.20. The van der Waals surface area contributed by atoms with Crippen molar-refractivity contribution in [3.8, 4) is 11.5 Å². The molecule has 3 heterocycles. The molecule has 1 atom stereocenters. The van der Waals surface area contributed by atoms with E-state index in [1.165, 1.54) is 0 Å². The van der Waals surface area contributed by atoms with E-state index >= 15 is 0 Å². The fourth-order valence-corrected chi connectivity index (χ4v) is 3.94. The van der Waals surface area contributed by atoms with Crippen LogP contribution in [0.1, 0.15) is 23.9 Å². The quantitative estimate of drug-likeness (QED) is 0.613. The van der Waals surface area contributed by atoms with Crippen LogP contribution in [0.25, 0.3) is 11.5 Å². The van der Waals surface area contributed by atoms with Crippen LogP contribution < -0.4 is 5.32 Å². The summed E-state index contributed by atoms with van der Waals surface area (Å²) < 4.78 is 11.1. The summed E-state index contributed by atoms with van der Waals surface area (Å²) in [5, 5.41) is 15.2. The Morgan fingerprint density at radius 3 is 2.76 bits per heavy atom. The standard InChI is InChI=1S/C21H24N4O3S/c26-19(6-7-20-23-24-21(28-20)17-8-13-29-15-17)22-18(16-4-2-1-3-5-16)14-25-9-11-27-12-10-25/h1-5,8,13,15,18H,6-7,9-12,14H2,(H,22,26). The zero-order valence-electron chi connectivity index (χ0n) is 16.1. The Balaban J connectivity index is 1.34. The van der Waals surface area contributed by atoms with E-state index in [1.807, 2.05) is 35.0 Å². The van der Waals surface area contributed by atoms with Crippen molar-refractivity contribution in [2.24, 2.45) is 0 Å². The van der Waals surface area contributed by atoms with Gasteiger partial charge in [-0.05, 0) is 17.0 Å². The molecule has 152 valence electrons. The SMILES string of the molecule is O=C(CCc1nnc(-c2ccsc2)o1)NC(CN1CCOCC1)c1ccccc1. The zero-order chi connectivity index (χ0) is 19.9. The van der Waals surface area contributed by atoms with Gasteiger partial charge in [-0.15, -0.1) is 10.2 Å². The molecule has 8 heteroatoms. The van der Waals surface area contributed by atoms with Crippen LogP contribution in [-0.4, -0.2) is 53.9 Å². The Labute approximate surface area is 173 Å². The van der Waals surface area contributed by atoms with Gasteiger partial charge in [-0.3, -0.25) is 9.69 Å². The molecule has 1 amide bonds. The Kier molecular flexibility index (Phi) is 6.66. The normalized spacial score (nSPS) is 15.9. The van der Waals surface area contributed by atoms with E-state index in [0.717, 1.165) is 44.0 Å². The minimum atomic E-state index is -0.0640. The molecule has 1 saturated heterocycles. The number of carbonyl (C=O) groups is 1. The van der Waals surface area contributed by atoms with Crippen LogP contribution in [0, 0.1) is 0 Å². The van der Waals surface area contributed by atoms with E-state index in [2.05, 4.69) is 32.5 Å². The van der Waals surface area contributed by atoms with Gasteiger partial charge in [0.25, 0.3) is 0 Å². The molecule has 1 aliphatic heterocycles. The number of aromatic nitrogens is 2. The molecule has 0 spiro atoms. The number of nitrogens with zero attached hydrogens (tertiary/aromatic N) is 3. The first kappa shape index (κ1) is 19.8. The second kappa shape index (κ2) is 9.78. The molecule has 1 fully saturated rings. The molecular formula is C21H24N4O3S. The topological polar surface area (TPSA) is 80.5 Å². The maximum absolute atomic E-state index is 12.6. The smallest absolute Gasteiger partial charge is 0.248 e. The number of hydrogen-bond acceptors (Lipinski definition) is 7. The highest BCUT2D eigenvalue weighted by Crippen LogP contribution is 2.21. The fourth-order valence-electron chi connectivity index (χ4n) is 3.31. The van der Waals surface area contributed by atoms with Crippen LogP contribution in [0.3, 0.4) is 0 Å². The predicted octanol–water partition coefficient (Wildman–Crippen LogP) is 2.92. The molecule has 1 unspecified atom stereocenters. The fraction of sp³-hybridized carbons (Fsp3) is 0.381. The van der Waals surface area contributed by atoms with Gasteiger partial charge >= 0.3 is 0 Å². The van der Waals surface area contributed by atoms with Gasteiger partial charge in [0.1, 0.15) is 0 Å². The molecule has 7 nitrogen and oxygen atoms in total. The van der Waals surface area contributed by atoms with Crippen molar-refractivity contribution in [1.29, 1.82) is 0 Å². The summed E-state index contributed by atoms with van der Waals surface area (Å²) in [6, 6.07) is 12.0. The van der Waals surface area contributed by atoms with Crippen molar-refractivity contribution >= 4 is 17.2 Å². The van der Waals surface area contributed by atoms with E-state index in [0.29, 0.717) is 24.6 Å². The van der Waals surface area contributed by atoms with Gasteiger partial charge in [-0.1, -0.05) is 30.3 Å². The monoisotopic (exact) mass is 412 g/mol. The van der Waals surface area contributed by atoms with Gasteiger partial charge in [0.05, 0.1) is 19.3 Å². The first-order valence-electron chi connectivity index (χ1n) is 9.77. The summed E-state index contributed by atoms with van der Waals surface area (Å²) in [6.45, 7) is 4.00. The highest BCUT2D eigenvalue weighted by molar-refractivity contribution is 7.08. The van der Waals surface area contributed by atoms with Crippen LogP contribution >= 0.6 is 11.3 Å². The lowest BCUT2D eigenvalue weighted by Crippen LogP contribution is -2.43. The lowest BCUT2D eigenvalue weighted by atomic mass is 10.1. The molecule has 2 aromatic heterocycles. The first-order valence-corrected chi connectivity index (χ1v) is 10.7. The molecule has 1 N–H and O–H groups in total. The Hall–Kier alpha value is -2.55. The van der Waals surface area contributed by atoms with Crippen LogP contribution in [0.5, 0.6) is 0 Å². The van der Waals surface area contributed by atoms with Crippen molar-refractivity contribution in [1.82, 2.24) is 20.4 Å². The lowest BCUT2D eigenvalue weighted by Gasteiger charge is -2.31. The van der Waals surface area contributed by atoms with Gasteiger partial charge in [0, 0.05) is 43.4 Å². The summed E-state index contributed by atoms with van der Waals surface area (Å²) in [5.74, 6) is 0.948. The average Bonchev–Trinajstić information content (AvgIpc) is 3.45. The van der Waals surface area contributed by atoms with Crippen molar-refractivity contribution in [2.75, 3.05) is 32.8 Å². The highest BCUT2D eigenvalue weighted by atomic mass is 32.1. The number of carbonyl (C=O) groups excluding carboxylic acids is 1. The maximum Gasteiger partial charge on any atom is 0.248 e. The molecule has 1 aromatic carbocycles. The number of morpholine rings is 1. The largest absolute Gasteiger partial charge is 0.421 e. The molecule has 0 radical (unpaired) electrons. The minimum absolute atomic E-state index is 0.0256. The summed E-state index contributed by atoms with van der Waals surface area (Å²) >= 11 is 1.58. The number of ether oxygens (including phenoxy) is 1. The second-order valence-corrected chi connectivity index (χ2v) is 7.74. The molecule has 0 saturated carbocycles. The third kappa shape index (κ3) is 5.50. The average molecular weight is 413 g/mol. The summed E-state index contributed by atoms with van der Waals surface area (Å²) in [6.07, 6.45) is 0.722. The van der Waals surface area contributed by atoms with E-state index < -0.39 is 0 Å². The summed E-state index contributed by atoms with van der Waals surface area (Å²) in [7, 11) is 0. The number of hydrogen-bond donors (Lipinski definition) is 1. The van der Waals surface area contributed by atoms with Crippen LogP contribution in [0.4, 0.5) is 0 Å². The number of nitrogens with one attached hydrogen (secondary N) is 1. The maximum atomic E-state index is 12.6. The van der Waals surface area contributed by atoms with Gasteiger partial charge in [-0.25, -0.2) is 0 Å². The van der Waals surface area contributed by atoms with E-state index in [1.54, 1.807) is 11.3 Å². The van der Waals surface area contributed by atoms with Gasteiger partial charge in [0.2, 0.25) is 17.7 Å². The summed E-state index contributed by atoms with van der Waals surface area (Å²) in [5.41, 5.74) is 2.01. The van der Waals surface area contributed by atoms with Gasteiger partial charge in [-0.2, -0.15) is 11.3 Å². The lowest BCUT2D eigenvalue weighted by molar-refractivity contribution is -0.122. The number of amides is 1. The molecule has 1 aliphatic rings. The second-order valence-electron chi connectivity index (χ2n) is 6.96. The van der Waals surface area contributed by atoms with Gasteiger partial charge in [0.15, 0.2) is 0 Å². The molecule has 0 aliphatic carbocycles. The molecular weight excluding hydrogens is 388 g/mol. The molecule has 29 heavy (non-hydrogen) atoms. The summed E-state index contributed by atoms with van der Waals surface area (Å²) in [4.78, 5) is 15.0. The van der Waals surface area contributed by atoms with Crippen molar-refractivity contribution in [3.05, 3.63) is 58.6 Å². The first-order chi connectivity index (χ1) is 14.3. The van der Waals surface area contributed by atoms with E-state index in [-0.39, 0.29) is 11.9 Å². The number of thiophene rings is 1. The third-order valence-corrected chi connectivity index (χ3v) is 5.57. The van der Waals surface area contributed by atoms with Crippen molar-refractivity contribution in [3.63, 3.8) is 0 Å². The van der Waals surface area contributed by atoms with Crippen LogP contribution in [0.15, 0.2) is 51.6 Å². The Morgan fingerprint density at radius 2 is 2.00 bits per heavy atom.